The van der Waals surface area contributed by atoms with Crippen molar-refractivity contribution in [1.29, 1.82) is 0 Å². The number of halogens is 1. The van der Waals surface area contributed by atoms with Crippen LogP contribution >= 0.6 is 17.0 Å². The maximum Gasteiger partial charge on any atom is 0.320 e. The lowest BCUT2D eigenvalue weighted by atomic mass is 10.2. The molecular formula is C28H53BrN4O8. The summed E-state index contributed by atoms with van der Waals surface area (Å²) in [5.41, 5.74) is -1.87. The molecule has 0 aliphatic carbocycles. The van der Waals surface area contributed by atoms with Gasteiger partial charge in [0.1, 0.15) is 16.8 Å². The summed E-state index contributed by atoms with van der Waals surface area (Å²) in [5.74, 6) is -2.05. The third-order valence-corrected chi connectivity index (χ3v) is 5.61. The molecule has 1 saturated heterocycles. The van der Waals surface area contributed by atoms with Crippen LogP contribution in [0.2, 0.25) is 0 Å². The van der Waals surface area contributed by atoms with Crippen LogP contribution in [0.25, 0.3) is 0 Å². The number of carbonyl (C=O) groups excluding carboxylic acids is 3. The third kappa shape index (κ3) is 20.7. The van der Waals surface area contributed by atoms with Crippen molar-refractivity contribution in [3.8, 4) is 0 Å². The quantitative estimate of drug-likeness (QED) is 0.304. The zero-order valence-electron chi connectivity index (χ0n) is 26.5. The summed E-state index contributed by atoms with van der Waals surface area (Å²) in [4.78, 5) is 57.0. The van der Waals surface area contributed by atoms with E-state index in [1.54, 1.807) is 46.4 Å². The van der Waals surface area contributed by atoms with Crippen LogP contribution in [0.4, 0.5) is 0 Å². The maximum atomic E-state index is 12.7. The van der Waals surface area contributed by atoms with E-state index in [0.717, 1.165) is 0 Å². The maximum absolute atomic E-state index is 12.7. The van der Waals surface area contributed by atoms with Gasteiger partial charge in [-0.25, -0.2) is 0 Å². The Hall–Kier alpha value is -1.80. The molecule has 0 spiro atoms. The molecule has 0 bridgehead atoms. The molecule has 0 unspecified atom stereocenters. The Labute approximate surface area is 256 Å². The van der Waals surface area contributed by atoms with Crippen molar-refractivity contribution >= 4 is 40.9 Å². The summed E-state index contributed by atoms with van der Waals surface area (Å²) in [6.45, 7) is 19.8. The molecule has 12 nitrogen and oxygen atoms in total. The summed E-state index contributed by atoms with van der Waals surface area (Å²) in [7, 11) is 0. The number of hydrogen-bond donors (Lipinski definition) is 1. The number of hydrogen-bond acceptors (Lipinski definition) is 11. The minimum atomic E-state index is -0.951. The molecule has 1 N–H and O–H groups in total. The topological polar surface area (TPSA) is 129 Å². The van der Waals surface area contributed by atoms with Crippen molar-refractivity contribution in [2.45, 2.75) is 79.1 Å². The first-order valence-corrected chi connectivity index (χ1v) is 14.0. The smallest absolute Gasteiger partial charge is 0.320 e. The Bertz CT molecular complexity index is 806. The predicted octanol–water partition coefficient (Wildman–Crippen LogP) is 1.90. The van der Waals surface area contributed by atoms with E-state index >= 15 is 0 Å². The van der Waals surface area contributed by atoms with Crippen LogP contribution in [0.3, 0.4) is 0 Å². The van der Waals surface area contributed by atoms with Gasteiger partial charge in [-0.3, -0.25) is 38.8 Å². The van der Waals surface area contributed by atoms with Gasteiger partial charge in [-0.2, -0.15) is 0 Å². The normalized spacial score (nSPS) is 17.9. The third-order valence-electron chi connectivity index (χ3n) is 5.61. The van der Waals surface area contributed by atoms with Crippen molar-refractivity contribution in [3.63, 3.8) is 0 Å². The van der Waals surface area contributed by atoms with Crippen LogP contribution in [-0.2, 0) is 33.4 Å². The minimum Gasteiger partial charge on any atom is -0.480 e. The molecule has 0 aromatic heterocycles. The number of esters is 3. The zero-order valence-corrected chi connectivity index (χ0v) is 28.2. The first kappa shape index (κ1) is 39.2. The predicted molar refractivity (Wildman–Crippen MR) is 161 cm³/mol. The van der Waals surface area contributed by atoms with Gasteiger partial charge in [0.05, 0.1) is 26.2 Å². The van der Waals surface area contributed by atoms with Gasteiger partial charge in [-0.15, -0.1) is 17.0 Å². The lowest BCUT2D eigenvalue weighted by Crippen LogP contribution is -2.50. The second-order valence-corrected chi connectivity index (χ2v) is 13.3. The van der Waals surface area contributed by atoms with E-state index in [9.17, 15) is 24.3 Å². The fraction of sp³-hybridized carbons (Fsp3) is 0.857. The highest BCUT2D eigenvalue weighted by Gasteiger charge is 2.25. The summed E-state index contributed by atoms with van der Waals surface area (Å²) in [6.07, 6.45) is 0. The molecule has 240 valence electrons. The molecule has 0 aromatic rings. The summed E-state index contributed by atoms with van der Waals surface area (Å²) in [5, 5.41) is 9.46. The molecule has 13 heteroatoms. The van der Waals surface area contributed by atoms with Gasteiger partial charge in [0.25, 0.3) is 0 Å². The highest BCUT2D eigenvalue weighted by Crippen LogP contribution is 2.11. The van der Waals surface area contributed by atoms with E-state index < -0.39 is 22.8 Å². The average Bonchev–Trinajstić information content (AvgIpc) is 2.71. The van der Waals surface area contributed by atoms with Gasteiger partial charge in [-0.1, -0.05) is 0 Å². The molecular weight excluding hydrogens is 600 g/mol. The molecule has 1 fully saturated rings. The fourth-order valence-corrected chi connectivity index (χ4v) is 4.07. The Balaban J connectivity index is 0.0000160. The van der Waals surface area contributed by atoms with E-state index in [1.165, 1.54) is 0 Å². The number of carbonyl (C=O) groups is 4. The Kier molecular flexibility index (Phi) is 16.6. The van der Waals surface area contributed by atoms with Gasteiger partial charge in [-0.05, 0) is 62.3 Å². The monoisotopic (exact) mass is 652 g/mol. The van der Waals surface area contributed by atoms with E-state index in [4.69, 9.17) is 14.2 Å². The van der Waals surface area contributed by atoms with E-state index in [2.05, 4.69) is 0 Å². The van der Waals surface area contributed by atoms with E-state index in [0.29, 0.717) is 52.4 Å². The van der Waals surface area contributed by atoms with E-state index in [-0.39, 0.29) is 61.1 Å². The SMILES string of the molecule is Br.CC(C)(C)OC(=O)CN1CCN(CC(=O)O)CCN(CC(=O)OC(C)(C)C)CCN(CC(=O)OC(C)(C)C)CC1. The Morgan fingerprint density at radius 2 is 0.683 bits per heavy atom. The van der Waals surface area contributed by atoms with Gasteiger partial charge >= 0.3 is 23.9 Å². The number of ether oxygens (including phenoxy) is 3. The largest absolute Gasteiger partial charge is 0.480 e. The lowest BCUT2D eigenvalue weighted by molar-refractivity contribution is -0.158. The molecule has 1 aliphatic heterocycles. The first-order valence-electron chi connectivity index (χ1n) is 14.0. The standard InChI is InChI=1S/C28H52N4O8.BrH/c1-26(2,3)38-23(35)19-30-12-10-29(18-22(33)34)11-13-31(20-24(36)39-27(4,5)6)15-17-32(16-14-30)21-25(37)40-28(7,8)9;/h10-21H2,1-9H3,(H,33,34);1H. The molecule has 1 aliphatic rings. The van der Waals surface area contributed by atoms with Crippen molar-refractivity contribution < 1.29 is 38.5 Å². The fourth-order valence-electron chi connectivity index (χ4n) is 4.07. The second-order valence-electron chi connectivity index (χ2n) is 13.3. The van der Waals surface area contributed by atoms with E-state index in [1.807, 2.05) is 35.5 Å². The summed E-state index contributed by atoms with van der Waals surface area (Å²) >= 11 is 0. The van der Waals surface area contributed by atoms with Crippen LogP contribution in [0.5, 0.6) is 0 Å². The second kappa shape index (κ2) is 17.3. The first-order chi connectivity index (χ1) is 18.2. The van der Waals surface area contributed by atoms with Crippen LogP contribution in [-0.4, -0.2) is 144 Å². The average molecular weight is 654 g/mol. The number of rotatable bonds is 8. The summed E-state index contributed by atoms with van der Waals surface area (Å²) in [6, 6.07) is 0. The van der Waals surface area contributed by atoms with Crippen molar-refractivity contribution in [1.82, 2.24) is 19.6 Å². The van der Waals surface area contributed by atoms with Gasteiger partial charge in [0.2, 0.25) is 0 Å². The van der Waals surface area contributed by atoms with Gasteiger partial charge in [0.15, 0.2) is 0 Å². The van der Waals surface area contributed by atoms with Gasteiger partial charge in [0, 0.05) is 52.4 Å². The molecule has 0 radical (unpaired) electrons. The summed E-state index contributed by atoms with van der Waals surface area (Å²) < 4.78 is 16.6. The van der Waals surface area contributed by atoms with Crippen LogP contribution in [0, 0.1) is 0 Å². The molecule has 0 saturated carbocycles. The molecule has 1 rings (SSSR count). The zero-order chi connectivity index (χ0) is 30.7. The molecule has 0 atom stereocenters. The van der Waals surface area contributed by atoms with Crippen LogP contribution < -0.4 is 0 Å². The van der Waals surface area contributed by atoms with Crippen LogP contribution in [0.15, 0.2) is 0 Å². The Morgan fingerprint density at radius 1 is 0.488 bits per heavy atom. The number of aliphatic carboxylic acids is 1. The molecule has 41 heavy (non-hydrogen) atoms. The molecule has 0 amide bonds. The highest BCUT2D eigenvalue weighted by atomic mass is 79.9. The number of carboxylic acids is 1. The minimum absolute atomic E-state index is 0. The van der Waals surface area contributed by atoms with Crippen LogP contribution in [0.1, 0.15) is 62.3 Å². The van der Waals surface area contributed by atoms with Crippen molar-refractivity contribution in [3.05, 3.63) is 0 Å². The number of carboxylic acid groups (broad SMARTS) is 1. The van der Waals surface area contributed by atoms with Crippen molar-refractivity contribution in [2.24, 2.45) is 0 Å². The number of nitrogens with zero attached hydrogens (tertiary/aromatic N) is 4. The highest BCUT2D eigenvalue weighted by molar-refractivity contribution is 8.93. The molecule has 1 heterocycles. The lowest BCUT2D eigenvalue weighted by Gasteiger charge is -2.34. The van der Waals surface area contributed by atoms with Crippen molar-refractivity contribution in [2.75, 3.05) is 78.5 Å². The Morgan fingerprint density at radius 3 is 0.854 bits per heavy atom. The van der Waals surface area contributed by atoms with Gasteiger partial charge < -0.3 is 19.3 Å². The molecule has 0 aromatic carbocycles.